The molecule has 1 saturated heterocycles. The molecule has 1 heterocycles. The Hall–Kier alpha value is -1.08. The molecule has 0 amide bonds. The van der Waals surface area contributed by atoms with E-state index in [2.05, 4.69) is 62.5 Å². The Morgan fingerprint density at radius 3 is 2.43 bits per heavy atom. The van der Waals surface area contributed by atoms with Gasteiger partial charge in [-0.1, -0.05) is 94.6 Å². The van der Waals surface area contributed by atoms with Crippen molar-refractivity contribution in [2.75, 3.05) is 0 Å². The van der Waals surface area contributed by atoms with Crippen LogP contribution in [-0.2, 0) is 4.74 Å². The lowest BCUT2D eigenvalue weighted by molar-refractivity contribution is 0.373. The second-order valence-electron chi connectivity index (χ2n) is 5.68. The first kappa shape index (κ1) is 18.0. The highest BCUT2D eigenvalue weighted by Crippen LogP contribution is 2.28. The highest BCUT2D eigenvalue weighted by Gasteiger charge is 2.35. The van der Waals surface area contributed by atoms with Gasteiger partial charge in [0.15, 0.2) is 0 Å². The maximum absolute atomic E-state index is 5.61. The zero-order chi connectivity index (χ0) is 15.2. The van der Waals surface area contributed by atoms with Gasteiger partial charge in [0.25, 0.3) is 0 Å². The van der Waals surface area contributed by atoms with E-state index in [1.165, 1.54) is 44.9 Å². The Morgan fingerprint density at radius 1 is 0.810 bits per heavy atom. The maximum atomic E-state index is 5.61. The van der Waals surface area contributed by atoms with E-state index in [1.807, 2.05) is 0 Å². The third kappa shape index (κ3) is 10.3. The first-order chi connectivity index (χ1) is 10.4. The first-order valence-electron chi connectivity index (χ1n) is 8.69. The summed E-state index contributed by atoms with van der Waals surface area (Å²) in [6.07, 6.45) is 28.1. The number of hydrogen-bond acceptors (Lipinski definition) is 1. The van der Waals surface area contributed by atoms with Crippen molar-refractivity contribution >= 4 is 0 Å². The van der Waals surface area contributed by atoms with E-state index in [-0.39, 0.29) is 0 Å². The third-order valence-electron chi connectivity index (χ3n) is 3.65. The molecule has 1 heteroatoms. The van der Waals surface area contributed by atoms with E-state index in [0.29, 0.717) is 12.2 Å². The molecule has 118 valence electrons. The quantitative estimate of drug-likeness (QED) is 0.182. The highest BCUT2D eigenvalue weighted by atomic mass is 16.6. The Balaban J connectivity index is 1.99. The maximum Gasteiger partial charge on any atom is 0.103 e. The fourth-order valence-corrected chi connectivity index (χ4v) is 2.23. The molecule has 1 fully saturated rings. The van der Waals surface area contributed by atoms with Crippen LogP contribution in [0.25, 0.3) is 0 Å². The summed E-state index contributed by atoms with van der Waals surface area (Å²) in [5.41, 5.74) is 0. The lowest BCUT2D eigenvalue weighted by Gasteiger charge is -1.92. The topological polar surface area (TPSA) is 12.5 Å². The zero-order valence-electron chi connectivity index (χ0n) is 13.8. The van der Waals surface area contributed by atoms with Crippen LogP contribution in [0.4, 0.5) is 0 Å². The van der Waals surface area contributed by atoms with Crippen molar-refractivity contribution in [3.63, 3.8) is 0 Å². The number of unbranched alkanes of at least 4 members (excludes halogenated alkanes) is 4. The molecular formula is C20H32O. The van der Waals surface area contributed by atoms with E-state index in [9.17, 15) is 0 Å². The van der Waals surface area contributed by atoms with Crippen LogP contribution in [0.3, 0.4) is 0 Å². The molecule has 21 heavy (non-hydrogen) atoms. The molecule has 0 aromatic carbocycles. The minimum absolute atomic E-state index is 0.372. The molecule has 0 radical (unpaired) electrons. The third-order valence-corrected chi connectivity index (χ3v) is 3.65. The second-order valence-corrected chi connectivity index (χ2v) is 5.68. The predicted molar refractivity (Wildman–Crippen MR) is 93.5 cm³/mol. The number of ether oxygens (including phenoxy) is 1. The normalized spacial score (nSPS) is 22.4. The van der Waals surface area contributed by atoms with Crippen LogP contribution in [0, 0.1) is 0 Å². The largest absolute Gasteiger partial charge is 0.365 e. The van der Waals surface area contributed by atoms with Gasteiger partial charge in [0.05, 0.1) is 6.10 Å². The van der Waals surface area contributed by atoms with E-state index >= 15 is 0 Å². The van der Waals surface area contributed by atoms with Crippen LogP contribution >= 0.6 is 0 Å². The van der Waals surface area contributed by atoms with Gasteiger partial charge in [0.2, 0.25) is 0 Å². The SMILES string of the molecule is CCCC/C=C\C\C=C/C=C/C=C/[C@@H]1O[C@H]1CCCCC. The van der Waals surface area contributed by atoms with Crippen LogP contribution in [0.2, 0.25) is 0 Å². The molecule has 0 unspecified atom stereocenters. The van der Waals surface area contributed by atoms with Gasteiger partial charge < -0.3 is 4.74 Å². The summed E-state index contributed by atoms with van der Waals surface area (Å²) in [7, 11) is 0. The molecule has 0 N–H and O–H groups in total. The number of epoxide rings is 1. The Morgan fingerprint density at radius 2 is 1.62 bits per heavy atom. The van der Waals surface area contributed by atoms with E-state index in [4.69, 9.17) is 4.74 Å². The number of rotatable bonds is 12. The average Bonchev–Trinajstić information content (AvgIpc) is 3.23. The van der Waals surface area contributed by atoms with Crippen molar-refractivity contribution in [2.24, 2.45) is 0 Å². The molecule has 0 spiro atoms. The van der Waals surface area contributed by atoms with Crippen molar-refractivity contribution in [1.29, 1.82) is 0 Å². The standard InChI is InChI=1S/C20H32O/c1-3-5-7-8-9-10-11-12-13-14-16-18-20-19(21-20)17-15-6-4-2/h8-9,11-14,16,18-20H,3-7,10,15,17H2,1-2H3/b9-8-,12-11-,14-13+,18-16+/t19-,20-/m0/s1. The summed E-state index contributed by atoms with van der Waals surface area (Å²) < 4.78 is 5.61. The summed E-state index contributed by atoms with van der Waals surface area (Å²) in [6, 6.07) is 0. The lowest BCUT2D eigenvalue weighted by Crippen LogP contribution is -1.90. The van der Waals surface area contributed by atoms with E-state index in [1.54, 1.807) is 0 Å². The highest BCUT2D eigenvalue weighted by molar-refractivity contribution is 5.15. The van der Waals surface area contributed by atoms with Crippen LogP contribution < -0.4 is 0 Å². The summed E-state index contributed by atoms with van der Waals surface area (Å²) in [6.45, 7) is 4.47. The van der Waals surface area contributed by atoms with Gasteiger partial charge in [-0.25, -0.2) is 0 Å². The minimum Gasteiger partial charge on any atom is -0.365 e. The molecule has 2 atom stereocenters. The molecule has 0 aliphatic carbocycles. The molecule has 1 nitrogen and oxygen atoms in total. The second kappa shape index (κ2) is 12.6. The van der Waals surface area contributed by atoms with Crippen molar-refractivity contribution in [3.05, 3.63) is 48.6 Å². The number of hydrogen-bond donors (Lipinski definition) is 0. The summed E-state index contributed by atoms with van der Waals surface area (Å²) >= 11 is 0. The Bertz CT molecular complexity index is 349. The summed E-state index contributed by atoms with van der Waals surface area (Å²) in [5.74, 6) is 0. The van der Waals surface area contributed by atoms with Gasteiger partial charge in [-0.3, -0.25) is 0 Å². The van der Waals surface area contributed by atoms with Gasteiger partial charge in [-0.15, -0.1) is 0 Å². The smallest absolute Gasteiger partial charge is 0.103 e. The van der Waals surface area contributed by atoms with E-state index < -0.39 is 0 Å². The van der Waals surface area contributed by atoms with Crippen molar-refractivity contribution in [3.8, 4) is 0 Å². The van der Waals surface area contributed by atoms with Crippen LogP contribution in [0.15, 0.2) is 48.6 Å². The molecule has 1 aliphatic rings. The minimum atomic E-state index is 0.372. The summed E-state index contributed by atoms with van der Waals surface area (Å²) in [4.78, 5) is 0. The molecule has 1 rings (SSSR count). The number of allylic oxidation sites excluding steroid dienone is 7. The first-order valence-corrected chi connectivity index (χ1v) is 8.69. The fraction of sp³-hybridized carbons (Fsp3) is 0.600. The van der Waals surface area contributed by atoms with Crippen molar-refractivity contribution in [1.82, 2.24) is 0 Å². The van der Waals surface area contributed by atoms with Gasteiger partial charge >= 0.3 is 0 Å². The molecule has 1 aliphatic heterocycles. The molecule has 0 saturated carbocycles. The monoisotopic (exact) mass is 288 g/mol. The Kier molecular flexibility index (Phi) is 10.8. The Labute approximate surface area is 131 Å². The molecule has 0 aromatic rings. The molecular weight excluding hydrogens is 256 g/mol. The summed E-state index contributed by atoms with van der Waals surface area (Å²) in [5, 5.41) is 0. The van der Waals surface area contributed by atoms with Crippen molar-refractivity contribution < 1.29 is 4.74 Å². The fourth-order valence-electron chi connectivity index (χ4n) is 2.23. The van der Waals surface area contributed by atoms with Crippen LogP contribution in [0.1, 0.15) is 65.2 Å². The van der Waals surface area contributed by atoms with Gasteiger partial charge in [-0.05, 0) is 19.3 Å². The van der Waals surface area contributed by atoms with E-state index in [0.717, 1.165) is 6.42 Å². The lowest BCUT2D eigenvalue weighted by atomic mass is 10.1. The zero-order valence-corrected chi connectivity index (χ0v) is 13.8. The van der Waals surface area contributed by atoms with Gasteiger partial charge in [0, 0.05) is 0 Å². The molecule has 0 bridgehead atoms. The molecule has 0 aromatic heterocycles. The van der Waals surface area contributed by atoms with Crippen LogP contribution in [-0.4, -0.2) is 12.2 Å². The van der Waals surface area contributed by atoms with Crippen molar-refractivity contribution in [2.45, 2.75) is 77.4 Å². The van der Waals surface area contributed by atoms with Gasteiger partial charge in [0.1, 0.15) is 6.10 Å². The van der Waals surface area contributed by atoms with Gasteiger partial charge in [-0.2, -0.15) is 0 Å². The average molecular weight is 288 g/mol. The predicted octanol–water partition coefficient (Wildman–Crippen LogP) is 6.14. The van der Waals surface area contributed by atoms with Crippen LogP contribution in [0.5, 0.6) is 0 Å².